The summed E-state index contributed by atoms with van der Waals surface area (Å²) in [4.78, 5) is 0. The van der Waals surface area contributed by atoms with Gasteiger partial charge in [-0.1, -0.05) is 32.0 Å². The molecule has 15 heavy (non-hydrogen) atoms. The molecular weight excluding hydrogens is 186 g/mol. The topological polar surface area (TPSA) is 21.3 Å². The van der Waals surface area contributed by atoms with Crippen molar-refractivity contribution in [3.8, 4) is 0 Å². The van der Waals surface area contributed by atoms with Crippen LogP contribution in [-0.2, 0) is 4.74 Å². The van der Waals surface area contributed by atoms with Gasteiger partial charge >= 0.3 is 0 Å². The number of anilines is 1. The van der Waals surface area contributed by atoms with Gasteiger partial charge < -0.3 is 10.1 Å². The summed E-state index contributed by atoms with van der Waals surface area (Å²) in [6.45, 7) is 8.92. The molecule has 0 unspecified atom stereocenters. The quantitative estimate of drug-likeness (QED) is 0.724. The molecule has 0 amide bonds. The zero-order chi connectivity index (χ0) is 11.1. The lowest BCUT2D eigenvalue weighted by Gasteiger charge is -2.10. The van der Waals surface area contributed by atoms with Crippen LogP contribution in [0.5, 0.6) is 0 Å². The lowest BCUT2D eigenvalue weighted by molar-refractivity contribution is 0.118. The van der Waals surface area contributed by atoms with Gasteiger partial charge in [0.05, 0.1) is 6.61 Å². The average Bonchev–Trinajstić information content (AvgIpc) is 2.20. The largest absolute Gasteiger partial charge is 0.383 e. The Morgan fingerprint density at radius 1 is 1.27 bits per heavy atom. The predicted octanol–water partition coefficient (Wildman–Crippen LogP) is 3.08. The molecular formula is C13H21NO. The molecule has 0 bridgehead atoms. The Morgan fingerprint density at radius 2 is 2.00 bits per heavy atom. The van der Waals surface area contributed by atoms with Gasteiger partial charge in [-0.05, 0) is 24.5 Å². The molecule has 0 fully saturated rings. The zero-order valence-corrected chi connectivity index (χ0v) is 9.92. The van der Waals surface area contributed by atoms with Crippen molar-refractivity contribution in [1.29, 1.82) is 0 Å². The summed E-state index contributed by atoms with van der Waals surface area (Å²) in [5.74, 6) is 0.614. The van der Waals surface area contributed by atoms with Crippen molar-refractivity contribution >= 4 is 5.69 Å². The highest BCUT2D eigenvalue weighted by Gasteiger charge is 1.96. The Bertz CT molecular complexity index is 284. The van der Waals surface area contributed by atoms with Gasteiger partial charge in [-0.2, -0.15) is 0 Å². The summed E-state index contributed by atoms with van der Waals surface area (Å²) in [6, 6.07) is 8.30. The van der Waals surface area contributed by atoms with Gasteiger partial charge in [-0.15, -0.1) is 0 Å². The highest BCUT2D eigenvalue weighted by Crippen LogP contribution is 2.12. The summed E-state index contributed by atoms with van der Waals surface area (Å²) in [6.07, 6.45) is 0. The molecule has 2 heteroatoms. The van der Waals surface area contributed by atoms with Crippen LogP contribution < -0.4 is 5.32 Å². The molecule has 0 atom stereocenters. The molecule has 1 N–H and O–H groups in total. The van der Waals surface area contributed by atoms with E-state index in [-0.39, 0.29) is 0 Å². The molecule has 0 radical (unpaired) electrons. The highest BCUT2D eigenvalue weighted by atomic mass is 16.5. The van der Waals surface area contributed by atoms with Gasteiger partial charge in [0, 0.05) is 18.8 Å². The van der Waals surface area contributed by atoms with Crippen LogP contribution in [0.2, 0.25) is 0 Å². The minimum Gasteiger partial charge on any atom is -0.383 e. The van der Waals surface area contributed by atoms with Crippen LogP contribution in [0.25, 0.3) is 0 Å². The van der Waals surface area contributed by atoms with E-state index in [4.69, 9.17) is 4.74 Å². The van der Waals surface area contributed by atoms with Crippen LogP contribution in [0.4, 0.5) is 5.69 Å². The Balaban J connectivity index is 2.18. The minimum absolute atomic E-state index is 0.614. The normalized spacial score (nSPS) is 10.7. The third-order valence-electron chi connectivity index (χ3n) is 2.16. The smallest absolute Gasteiger partial charge is 0.0639 e. The maximum Gasteiger partial charge on any atom is 0.0639 e. The minimum atomic E-state index is 0.614. The molecule has 1 rings (SSSR count). The van der Waals surface area contributed by atoms with E-state index in [1.165, 1.54) is 11.3 Å². The lowest BCUT2D eigenvalue weighted by atomic mass is 10.2. The van der Waals surface area contributed by atoms with Crippen LogP contribution in [0.1, 0.15) is 19.4 Å². The monoisotopic (exact) mass is 207 g/mol. The fourth-order valence-corrected chi connectivity index (χ4v) is 1.35. The molecule has 0 aliphatic rings. The fourth-order valence-electron chi connectivity index (χ4n) is 1.35. The van der Waals surface area contributed by atoms with Crippen molar-refractivity contribution in [2.75, 3.05) is 25.1 Å². The van der Waals surface area contributed by atoms with E-state index in [1.54, 1.807) is 0 Å². The number of para-hydroxylation sites is 1. The standard InChI is InChI=1S/C13H21NO/c1-11(2)10-15-9-8-14-13-7-5-4-6-12(13)3/h4-7,11,14H,8-10H2,1-3H3. The maximum atomic E-state index is 5.49. The van der Waals surface area contributed by atoms with Crippen LogP contribution in [-0.4, -0.2) is 19.8 Å². The zero-order valence-electron chi connectivity index (χ0n) is 9.92. The summed E-state index contributed by atoms with van der Waals surface area (Å²) >= 11 is 0. The molecule has 0 aromatic heterocycles. The van der Waals surface area contributed by atoms with E-state index < -0.39 is 0 Å². The van der Waals surface area contributed by atoms with Gasteiger partial charge in [-0.3, -0.25) is 0 Å². The molecule has 1 aromatic carbocycles. The van der Waals surface area contributed by atoms with Gasteiger partial charge in [0.2, 0.25) is 0 Å². The van der Waals surface area contributed by atoms with Gasteiger partial charge in [0.15, 0.2) is 0 Å². The van der Waals surface area contributed by atoms with E-state index in [0.29, 0.717) is 5.92 Å². The van der Waals surface area contributed by atoms with Crippen LogP contribution in [0.15, 0.2) is 24.3 Å². The number of nitrogens with one attached hydrogen (secondary N) is 1. The molecule has 0 heterocycles. The van der Waals surface area contributed by atoms with E-state index in [1.807, 2.05) is 6.07 Å². The number of aryl methyl sites for hydroxylation is 1. The fraction of sp³-hybridized carbons (Fsp3) is 0.538. The van der Waals surface area contributed by atoms with Gasteiger partial charge in [0.25, 0.3) is 0 Å². The summed E-state index contributed by atoms with van der Waals surface area (Å²) in [5, 5.41) is 3.36. The van der Waals surface area contributed by atoms with E-state index in [0.717, 1.165) is 19.8 Å². The Labute approximate surface area is 92.6 Å². The summed E-state index contributed by atoms with van der Waals surface area (Å²) in [5.41, 5.74) is 2.48. The lowest BCUT2D eigenvalue weighted by Crippen LogP contribution is -2.12. The number of benzene rings is 1. The average molecular weight is 207 g/mol. The molecule has 0 saturated carbocycles. The van der Waals surface area contributed by atoms with Crippen molar-refractivity contribution in [3.05, 3.63) is 29.8 Å². The van der Waals surface area contributed by atoms with Gasteiger partial charge in [0.1, 0.15) is 0 Å². The van der Waals surface area contributed by atoms with Crippen molar-refractivity contribution in [1.82, 2.24) is 0 Å². The number of hydrogen-bond acceptors (Lipinski definition) is 2. The van der Waals surface area contributed by atoms with Crippen LogP contribution >= 0.6 is 0 Å². The van der Waals surface area contributed by atoms with Crippen LogP contribution in [0.3, 0.4) is 0 Å². The molecule has 0 saturated heterocycles. The van der Waals surface area contributed by atoms with E-state index >= 15 is 0 Å². The SMILES string of the molecule is Cc1ccccc1NCCOCC(C)C. The van der Waals surface area contributed by atoms with Crippen molar-refractivity contribution < 1.29 is 4.74 Å². The molecule has 0 spiro atoms. The first kappa shape index (κ1) is 12.1. The highest BCUT2D eigenvalue weighted by molar-refractivity contribution is 5.50. The predicted molar refractivity (Wildman–Crippen MR) is 65.3 cm³/mol. The van der Waals surface area contributed by atoms with Crippen molar-refractivity contribution in [2.24, 2.45) is 5.92 Å². The maximum absolute atomic E-state index is 5.49. The Morgan fingerprint density at radius 3 is 2.67 bits per heavy atom. The first-order valence-electron chi connectivity index (χ1n) is 5.57. The van der Waals surface area contributed by atoms with Gasteiger partial charge in [-0.25, -0.2) is 0 Å². The second kappa shape index (κ2) is 6.46. The number of hydrogen-bond donors (Lipinski definition) is 1. The summed E-state index contributed by atoms with van der Waals surface area (Å²) < 4.78 is 5.49. The second-order valence-corrected chi connectivity index (χ2v) is 4.21. The van der Waals surface area contributed by atoms with Crippen molar-refractivity contribution in [3.63, 3.8) is 0 Å². The summed E-state index contributed by atoms with van der Waals surface area (Å²) in [7, 11) is 0. The second-order valence-electron chi connectivity index (χ2n) is 4.21. The Hall–Kier alpha value is -1.02. The molecule has 1 aromatic rings. The van der Waals surface area contributed by atoms with Crippen LogP contribution in [0, 0.1) is 12.8 Å². The molecule has 2 nitrogen and oxygen atoms in total. The third-order valence-corrected chi connectivity index (χ3v) is 2.16. The molecule has 0 aliphatic carbocycles. The molecule has 84 valence electrons. The van der Waals surface area contributed by atoms with E-state index in [2.05, 4.69) is 44.3 Å². The number of rotatable bonds is 6. The van der Waals surface area contributed by atoms with Crippen molar-refractivity contribution in [2.45, 2.75) is 20.8 Å². The third kappa shape index (κ3) is 4.84. The first-order valence-corrected chi connectivity index (χ1v) is 5.57. The molecule has 0 aliphatic heterocycles. The first-order chi connectivity index (χ1) is 7.20. The van der Waals surface area contributed by atoms with E-state index in [9.17, 15) is 0 Å². The number of ether oxygens (including phenoxy) is 1. The Kier molecular flexibility index (Phi) is 5.19.